The highest BCUT2D eigenvalue weighted by Gasteiger charge is 2.16. The minimum absolute atomic E-state index is 0.0535. The van der Waals surface area contributed by atoms with E-state index in [1.54, 1.807) is 0 Å². The summed E-state index contributed by atoms with van der Waals surface area (Å²) in [5, 5.41) is 2.44. The number of methoxy groups -OCH3 is 1. The zero-order valence-corrected chi connectivity index (χ0v) is 9.42. The van der Waals surface area contributed by atoms with Gasteiger partial charge in [-0.2, -0.15) is 0 Å². The third-order valence-corrected chi connectivity index (χ3v) is 2.21. The highest BCUT2D eigenvalue weighted by atomic mass is 35.5. The van der Waals surface area contributed by atoms with Gasteiger partial charge in [-0.3, -0.25) is 4.79 Å². The topological polar surface area (TPSA) is 64.3 Å². The van der Waals surface area contributed by atoms with Crippen molar-refractivity contribution < 1.29 is 13.9 Å². The van der Waals surface area contributed by atoms with E-state index in [1.807, 2.05) is 0 Å². The second-order valence-electron chi connectivity index (χ2n) is 3.15. The Kier molecular flexibility index (Phi) is 4.67. The molecule has 0 aliphatic rings. The number of hydrogen-bond acceptors (Lipinski definition) is 3. The third-order valence-electron chi connectivity index (χ3n) is 1.89. The fourth-order valence-electron chi connectivity index (χ4n) is 1.09. The number of para-hydroxylation sites is 1. The predicted molar refractivity (Wildman–Crippen MR) is 59.9 cm³/mol. The second-order valence-corrected chi connectivity index (χ2v) is 3.55. The summed E-state index contributed by atoms with van der Waals surface area (Å²) in [6.45, 7) is 0.0535. The van der Waals surface area contributed by atoms with Crippen LogP contribution in [0, 0.1) is 5.82 Å². The summed E-state index contributed by atoms with van der Waals surface area (Å²) in [6, 6.07) is 3.26. The van der Waals surface area contributed by atoms with E-state index in [2.05, 4.69) is 5.32 Å². The molecule has 0 aliphatic heterocycles. The van der Waals surface area contributed by atoms with Crippen molar-refractivity contribution in [3.63, 3.8) is 0 Å². The molecule has 16 heavy (non-hydrogen) atoms. The van der Waals surface area contributed by atoms with Crippen molar-refractivity contribution in [3.05, 3.63) is 29.0 Å². The van der Waals surface area contributed by atoms with Gasteiger partial charge >= 0.3 is 0 Å². The van der Waals surface area contributed by atoms with Crippen molar-refractivity contribution in [1.82, 2.24) is 0 Å². The molecule has 0 saturated heterocycles. The van der Waals surface area contributed by atoms with E-state index in [0.717, 1.165) is 0 Å². The summed E-state index contributed by atoms with van der Waals surface area (Å²) < 4.78 is 18.0. The largest absolute Gasteiger partial charge is 0.383 e. The van der Waals surface area contributed by atoms with Crippen LogP contribution in [-0.4, -0.2) is 25.7 Å². The van der Waals surface area contributed by atoms with Gasteiger partial charge in [0.15, 0.2) is 0 Å². The first-order valence-corrected chi connectivity index (χ1v) is 4.93. The summed E-state index contributed by atoms with van der Waals surface area (Å²) in [5.74, 6) is -1.15. The van der Waals surface area contributed by atoms with Crippen molar-refractivity contribution in [2.24, 2.45) is 5.73 Å². The summed E-state index contributed by atoms with van der Waals surface area (Å²) in [7, 11) is 1.42. The van der Waals surface area contributed by atoms with Gasteiger partial charge in [-0.15, -0.1) is 0 Å². The number of carbonyl (C=O) groups is 1. The standard InChI is InChI=1S/C10H12ClFN2O2/c1-16-5-8(13)10(15)14-9-6(11)3-2-4-7(9)12/h2-4,8H,5,13H2,1H3,(H,14,15). The maximum Gasteiger partial charge on any atom is 0.243 e. The van der Waals surface area contributed by atoms with Gasteiger partial charge in [0.2, 0.25) is 5.91 Å². The lowest BCUT2D eigenvalue weighted by Crippen LogP contribution is -2.39. The molecule has 1 atom stereocenters. The molecule has 3 N–H and O–H groups in total. The fraction of sp³-hybridized carbons (Fsp3) is 0.300. The molecule has 1 aromatic rings. The Bertz CT molecular complexity index is 367. The van der Waals surface area contributed by atoms with E-state index >= 15 is 0 Å². The van der Waals surface area contributed by atoms with Crippen molar-refractivity contribution in [3.8, 4) is 0 Å². The zero-order chi connectivity index (χ0) is 12.1. The van der Waals surface area contributed by atoms with Crippen LogP contribution in [0.3, 0.4) is 0 Å². The first-order chi connectivity index (χ1) is 7.56. The van der Waals surface area contributed by atoms with Crippen LogP contribution in [0.5, 0.6) is 0 Å². The van der Waals surface area contributed by atoms with E-state index in [-0.39, 0.29) is 17.3 Å². The first-order valence-electron chi connectivity index (χ1n) is 4.55. The molecule has 0 fully saturated rings. The molecule has 0 aromatic heterocycles. The summed E-state index contributed by atoms with van der Waals surface area (Å²) in [4.78, 5) is 11.5. The zero-order valence-electron chi connectivity index (χ0n) is 8.67. The molecule has 0 saturated carbocycles. The Morgan fingerprint density at radius 1 is 1.69 bits per heavy atom. The Morgan fingerprint density at radius 3 is 2.94 bits per heavy atom. The molecule has 1 amide bonds. The van der Waals surface area contributed by atoms with E-state index < -0.39 is 17.8 Å². The molecule has 6 heteroatoms. The van der Waals surface area contributed by atoms with Crippen LogP contribution in [0.2, 0.25) is 5.02 Å². The minimum atomic E-state index is -0.860. The van der Waals surface area contributed by atoms with Crippen LogP contribution in [0.4, 0.5) is 10.1 Å². The van der Waals surface area contributed by atoms with E-state index in [1.165, 1.54) is 25.3 Å². The van der Waals surface area contributed by atoms with Crippen molar-refractivity contribution in [2.45, 2.75) is 6.04 Å². The molecular formula is C10H12ClFN2O2. The quantitative estimate of drug-likeness (QED) is 0.844. The predicted octanol–water partition coefficient (Wildman–Crippen LogP) is 1.39. The number of benzene rings is 1. The molecule has 0 aliphatic carbocycles. The van der Waals surface area contributed by atoms with Gasteiger partial charge in [0.05, 0.1) is 17.3 Å². The van der Waals surface area contributed by atoms with Gasteiger partial charge in [0.1, 0.15) is 11.9 Å². The number of rotatable bonds is 4. The smallest absolute Gasteiger partial charge is 0.243 e. The molecule has 88 valence electrons. The maximum atomic E-state index is 13.3. The van der Waals surface area contributed by atoms with E-state index in [0.29, 0.717) is 0 Å². The van der Waals surface area contributed by atoms with Crippen molar-refractivity contribution in [2.75, 3.05) is 19.0 Å². The van der Waals surface area contributed by atoms with Gasteiger partial charge < -0.3 is 15.8 Å². The number of ether oxygens (including phenoxy) is 1. The SMILES string of the molecule is COCC(N)C(=O)Nc1c(F)cccc1Cl. The Balaban J connectivity index is 2.77. The Hall–Kier alpha value is -1.17. The molecule has 1 rings (SSSR count). The minimum Gasteiger partial charge on any atom is -0.383 e. The van der Waals surface area contributed by atoms with Crippen LogP contribution in [0.15, 0.2) is 18.2 Å². The monoisotopic (exact) mass is 246 g/mol. The molecule has 1 unspecified atom stereocenters. The summed E-state index contributed by atoms with van der Waals surface area (Å²) in [5.41, 5.74) is 5.40. The summed E-state index contributed by atoms with van der Waals surface area (Å²) in [6.07, 6.45) is 0. The van der Waals surface area contributed by atoms with Gasteiger partial charge in [0.25, 0.3) is 0 Å². The highest BCUT2D eigenvalue weighted by Crippen LogP contribution is 2.24. The average molecular weight is 247 g/mol. The van der Waals surface area contributed by atoms with Gasteiger partial charge in [-0.05, 0) is 12.1 Å². The number of nitrogens with one attached hydrogen (secondary N) is 1. The van der Waals surface area contributed by atoms with Crippen molar-refractivity contribution in [1.29, 1.82) is 0 Å². The molecule has 0 spiro atoms. The van der Waals surface area contributed by atoms with E-state index in [9.17, 15) is 9.18 Å². The Labute approximate surface area is 97.5 Å². The van der Waals surface area contributed by atoms with Crippen LogP contribution >= 0.6 is 11.6 Å². The van der Waals surface area contributed by atoms with Gasteiger partial charge in [0, 0.05) is 7.11 Å². The lowest BCUT2D eigenvalue weighted by molar-refractivity contribution is -0.118. The van der Waals surface area contributed by atoms with Crippen LogP contribution in [-0.2, 0) is 9.53 Å². The van der Waals surface area contributed by atoms with Crippen molar-refractivity contribution >= 4 is 23.2 Å². The summed E-state index contributed by atoms with van der Waals surface area (Å²) >= 11 is 5.73. The van der Waals surface area contributed by atoms with Crippen LogP contribution in [0.1, 0.15) is 0 Å². The molecule has 0 heterocycles. The van der Waals surface area contributed by atoms with Gasteiger partial charge in [-0.1, -0.05) is 17.7 Å². The lowest BCUT2D eigenvalue weighted by Gasteiger charge is -2.12. The number of hydrogen-bond donors (Lipinski definition) is 2. The number of amides is 1. The molecule has 1 aromatic carbocycles. The average Bonchev–Trinajstić information content (AvgIpc) is 2.23. The fourth-order valence-corrected chi connectivity index (χ4v) is 1.30. The maximum absolute atomic E-state index is 13.3. The highest BCUT2D eigenvalue weighted by molar-refractivity contribution is 6.33. The second kappa shape index (κ2) is 5.79. The molecule has 0 bridgehead atoms. The number of halogens is 2. The lowest BCUT2D eigenvalue weighted by atomic mass is 10.2. The first kappa shape index (κ1) is 12.9. The van der Waals surface area contributed by atoms with Crippen LogP contribution in [0.25, 0.3) is 0 Å². The number of nitrogens with two attached hydrogens (primary N) is 1. The number of anilines is 1. The normalized spacial score (nSPS) is 12.2. The Morgan fingerprint density at radius 2 is 2.38 bits per heavy atom. The van der Waals surface area contributed by atoms with Crippen LogP contribution < -0.4 is 11.1 Å². The third kappa shape index (κ3) is 3.16. The van der Waals surface area contributed by atoms with Gasteiger partial charge in [-0.25, -0.2) is 4.39 Å². The molecular weight excluding hydrogens is 235 g/mol. The van der Waals surface area contributed by atoms with E-state index in [4.69, 9.17) is 22.1 Å². The molecule has 4 nitrogen and oxygen atoms in total. The number of carbonyl (C=O) groups excluding carboxylic acids is 1. The molecule has 0 radical (unpaired) electrons.